The number of nitrogens with two attached hydrogens (primary N) is 2. The van der Waals surface area contributed by atoms with Gasteiger partial charge in [0.1, 0.15) is 16.5 Å². The predicted molar refractivity (Wildman–Crippen MR) is 82.5 cm³/mol. The first kappa shape index (κ1) is 15.3. The van der Waals surface area contributed by atoms with E-state index in [2.05, 4.69) is 0 Å². The van der Waals surface area contributed by atoms with Gasteiger partial charge in [-0.1, -0.05) is 18.5 Å². The van der Waals surface area contributed by atoms with Crippen LogP contribution < -0.4 is 20.9 Å². The molecule has 0 aliphatic heterocycles. The van der Waals surface area contributed by atoms with Gasteiger partial charge in [0.25, 0.3) is 0 Å². The van der Waals surface area contributed by atoms with E-state index in [0.29, 0.717) is 18.1 Å². The Morgan fingerprint density at radius 1 is 1.10 bits per heavy atom. The molecular weight excluding hydrogens is 295 g/mol. The van der Waals surface area contributed by atoms with E-state index in [1.165, 1.54) is 6.07 Å². The lowest BCUT2D eigenvalue weighted by Crippen LogP contribution is -2.00. The standard InChI is InChI=1S/C15H16ClFN2O2/c1-2-7-20-9-3-5-10(6-4-9)21-15-12(19)8-11(18)13(16)14(15)17/h3-6,8H,2,7,18-19H2,1H3. The molecule has 0 atom stereocenters. The Labute approximate surface area is 127 Å². The summed E-state index contributed by atoms with van der Waals surface area (Å²) in [6, 6.07) is 8.15. The highest BCUT2D eigenvalue weighted by Crippen LogP contribution is 2.38. The van der Waals surface area contributed by atoms with Crippen molar-refractivity contribution in [3.8, 4) is 17.2 Å². The number of hydrogen-bond acceptors (Lipinski definition) is 4. The van der Waals surface area contributed by atoms with Crippen LogP contribution >= 0.6 is 11.6 Å². The number of ether oxygens (including phenoxy) is 2. The Hall–Kier alpha value is -2.14. The summed E-state index contributed by atoms with van der Waals surface area (Å²) in [4.78, 5) is 0. The molecular formula is C15H16ClFN2O2. The van der Waals surface area contributed by atoms with E-state index in [1.54, 1.807) is 24.3 Å². The van der Waals surface area contributed by atoms with E-state index < -0.39 is 5.82 Å². The van der Waals surface area contributed by atoms with Gasteiger partial charge in [-0.25, -0.2) is 4.39 Å². The summed E-state index contributed by atoms with van der Waals surface area (Å²) in [5, 5.41) is -0.206. The average molecular weight is 311 g/mol. The van der Waals surface area contributed by atoms with Crippen LogP contribution in [0.4, 0.5) is 15.8 Å². The highest BCUT2D eigenvalue weighted by atomic mass is 35.5. The smallest absolute Gasteiger partial charge is 0.188 e. The van der Waals surface area contributed by atoms with Crippen LogP contribution in [0.2, 0.25) is 5.02 Å². The number of anilines is 2. The van der Waals surface area contributed by atoms with Crippen LogP contribution in [0.3, 0.4) is 0 Å². The largest absolute Gasteiger partial charge is 0.494 e. The van der Waals surface area contributed by atoms with Crippen molar-refractivity contribution in [1.82, 2.24) is 0 Å². The van der Waals surface area contributed by atoms with E-state index in [0.717, 1.165) is 6.42 Å². The molecule has 2 rings (SSSR count). The number of halogens is 2. The molecule has 0 unspecified atom stereocenters. The van der Waals surface area contributed by atoms with Gasteiger partial charge in [0.15, 0.2) is 11.6 Å². The number of nitrogen functional groups attached to an aromatic ring is 2. The molecule has 0 spiro atoms. The molecule has 0 aliphatic carbocycles. The molecule has 0 saturated heterocycles. The van der Waals surface area contributed by atoms with Crippen molar-refractivity contribution < 1.29 is 13.9 Å². The summed E-state index contributed by atoms with van der Waals surface area (Å²) in [5.41, 5.74) is 11.4. The van der Waals surface area contributed by atoms with Gasteiger partial charge in [-0.2, -0.15) is 0 Å². The molecule has 0 heterocycles. The highest BCUT2D eigenvalue weighted by Gasteiger charge is 2.16. The zero-order valence-corrected chi connectivity index (χ0v) is 12.3. The molecule has 0 aromatic heterocycles. The third kappa shape index (κ3) is 3.49. The van der Waals surface area contributed by atoms with Crippen molar-refractivity contribution >= 4 is 23.0 Å². The first-order chi connectivity index (χ1) is 10.0. The topological polar surface area (TPSA) is 70.5 Å². The van der Waals surface area contributed by atoms with E-state index in [9.17, 15) is 4.39 Å². The minimum absolute atomic E-state index is 0.0716. The maximum absolute atomic E-state index is 14.0. The van der Waals surface area contributed by atoms with Gasteiger partial charge < -0.3 is 20.9 Å². The minimum Gasteiger partial charge on any atom is -0.494 e. The second-order valence-electron chi connectivity index (χ2n) is 4.43. The minimum atomic E-state index is -0.777. The Morgan fingerprint density at radius 3 is 2.33 bits per heavy atom. The average Bonchev–Trinajstić information content (AvgIpc) is 2.48. The Bertz CT molecular complexity index is 633. The molecule has 4 N–H and O–H groups in total. The normalized spacial score (nSPS) is 10.4. The van der Waals surface area contributed by atoms with Crippen molar-refractivity contribution in [1.29, 1.82) is 0 Å². The maximum atomic E-state index is 14.0. The lowest BCUT2D eigenvalue weighted by Gasteiger charge is -2.12. The fraction of sp³-hybridized carbons (Fsp3) is 0.200. The van der Waals surface area contributed by atoms with Gasteiger partial charge >= 0.3 is 0 Å². The molecule has 0 bridgehead atoms. The molecule has 2 aromatic carbocycles. The van der Waals surface area contributed by atoms with Gasteiger partial charge in [0.05, 0.1) is 18.0 Å². The Morgan fingerprint density at radius 2 is 1.71 bits per heavy atom. The summed E-state index contributed by atoms with van der Waals surface area (Å²) < 4.78 is 24.9. The molecule has 2 aromatic rings. The molecule has 0 fully saturated rings. The molecule has 112 valence electrons. The van der Waals surface area contributed by atoms with Crippen LogP contribution in [0.25, 0.3) is 0 Å². The first-order valence-electron chi connectivity index (χ1n) is 6.46. The van der Waals surface area contributed by atoms with Crippen LogP contribution in [0, 0.1) is 5.82 Å². The third-order valence-corrected chi connectivity index (χ3v) is 3.12. The van der Waals surface area contributed by atoms with Gasteiger partial charge in [-0.3, -0.25) is 0 Å². The molecule has 0 radical (unpaired) electrons. The van der Waals surface area contributed by atoms with Crippen LogP contribution in [0.5, 0.6) is 17.2 Å². The third-order valence-electron chi connectivity index (χ3n) is 2.74. The zero-order chi connectivity index (χ0) is 15.4. The second-order valence-corrected chi connectivity index (χ2v) is 4.81. The first-order valence-corrected chi connectivity index (χ1v) is 6.84. The van der Waals surface area contributed by atoms with Crippen molar-refractivity contribution in [2.24, 2.45) is 0 Å². The van der Waals surface area contributed by atoms with Crippen molar-refractivity contribution in [2.75, 3.05) is 18.1 Å². The van der Waals surface area contributed by atoms with Crippen molar-refractivity contribution in [3.63, 3.8) is 0 Å². The molecule has 0 aliphatic rings. The van der Waals surface area contributed by atoms with Gasteiger partial charge in [-0.15, -0.1) is 0 Å². The van der Waals surface area contributed by atoms with E-state index >= 15 is 0 Å². The summed E-state index contributed by atoms with van der Waals surface area (Å²) in [6.45, 7) is 2.66. The Kier molecular flexibility index (Phi) is 4.75. The number of rotatable bonds is 5. The van der Waals surface area contributed by atoms with Crippen LogP contribution in [0.1, 0.15) is 13.3 Å². The highest BCUT2D eigenvalue weighted by molar-refractivity contribution is 6.33. The van der Waals surface area contributed by atoms with Gasteiger partial charge in [0, 0.05) is 0 Å². The second kappa shape index (κ2) is 6.54. The number of hydrogen-bond donors (Lipinski definition) is 2. The molecule has 21 heavy (non-hydrogen) atoms. The van der Waals surface area contributed by atoms with E-state index in [-0.39, 0.29) is 22.1 Å². The molecule has 0 amide bonds. The van der Waals surface area contributed by atoms with Gasteiger partial charge in [-0.05, 0) is 36.8 Å². The van der Waals surface area contributed by atoms with Gasteiger partial charge in [0.2, 0.25) is 0 Å². The summed E-state index contributed by atoms with van der Waals surface area (Å²) >= 11 is 5.75. The molecule has 6 heteroatoms. The summed E-state index contributed by atoms with van der Waals surface area (Å²) in [7, 11) is 0. The monoisotopic (exact) mass is 310 g/mol. The fourth-order valence-electron chi connectivity index (χ4n) is 1.69. The lowest BCUT2D eigenvalue weighted by molar-refractivity contribution is 0.317. The van der Waals surface area contributed by atoms with Crippen molar-refractivity contribution in [3.05, 3.63) is 41.2 Å². The molecule has 4 nitrogen and oxygen atoms in total. The zero-order valence-electron chi connectivity index (χ0n) is 11.5. The van der Waals surface area contributed by atoms with Crippen LogP contribution in [0.15, 0.2) is 30.3 Å². The van der Waals surface area contributed by atoms with Crippen LogP contribution in [-0.2, 0) is 0 Å². The van der Waals surface area contributed by atoms with E-state index in [1.807, 2.05) is 6.92 Å². The quantitative estimate of drug-likeness (QED) is 0.811. The Balaban J connectivity index is 2.20. The fourth-order valence-corrected chi connectivity index (χ4v) is 1.84. The lowest BCUT2D eigenvalue weighted by atomic mass is 10.2. The SMILES string of the molecule is CCCOc1ccc(Oc2c(N)cc(N)c(Cl)c2F)cc1. The van der Waals surface area contributed by atoms with E-state index in [4.69, 9.17) is 32.5 Å². The maximum Gasteiger partial charge on any atom is 0.188 e. The predicted octanol–water partition coefficient (Wildman–Crippen LogP) is 4.22. The van der Waals surface area contributed by atoms with Crippen molar-refractivity contribution in [2.45, 2.75) is 13.3 Å². The molecule has 0 saturated carbocycles. The van der Waals surface area contributed by atoms with Crippen LogP contribution in [-0.4, -0.2) is 6.61 Å². The number of benzene rings is 2. The summed E-state index contributed by atoms with van der Waals surface area (Å²) in [6.07, 6.45) is 0.921. The summed E-state index contributed by atoms with van der Waals surface area (Å²) in [5.74, 6) is 0.218.